The summed E-state index contributed by atoms with van der Waals surface area (Å²) in [6.07, 6.45) is -0.641. The molecule has 0 heterocycles. The van der Waals surface area contributed by atoms with Crippen LogP contribution in [0.25, 0.3) is 0 Å². The van der Waals surface area contributed by atoms with Gasteiger partial charge in [0.15, 0.2) is 6.10 Å². The Balaban J connectivity index is 2.04. The van der Waals surface area contributed by atoms with Crippen LogP contribution in [0.4, 0.5) is 5.69 Å². The molecule has 0 fully saturated rings. The molecule has 110 valence electrons. The summed E-state index contributed by atoms with van der Waals surface area (Å²) in [5.41, 5.74) is 1.48. The van der Waals surface area contributed by atoms with E-state index in [9.17, 15) is 4.79 Å². The fraction of sp³-hybridized carbons (Fsp3) is 0.188. The summed E-state index contributed by atoms with van der Waals surface area (Å²) in [5, 5.41) is 3.63. The average Bonchev–Trinajstić information content (AvgIpc) is 2.44. The molecule has 0 spiro atoms. The third kappa shape index (κ3) is 4.13. The maximum atomic E-state index is 12.1. The van der Waals surface area contributed by atoms with E-state index < -0.39 is 6.10 Å². The first kappa shape index (κ1) is 15.7. The number of aryl methyl sites for hydroxylation is 1. The molecule has 2 aromatic rings. The molecule has 0 saturated heterocycles. The van der Waals surface area contributed by atoms with Gasteiger partial charge in [0.25, 0.3) is 5.91 Å². The van der Waals surface area contributed by atoms with Gasteiger partial charge >= 0.3 is 0 Å². The van der Waals surface area contributed by atoms with Crippen molar-refractivity contribution in [2.75, 3.05) is 5.32 Å². The smallest absolute Gasteiger partial charge is 0.265 e. The van der Waals surface area contributed by atoms with E-state index in [-0.39, 0.29) is 5.91 Å². The fourth-order valence-electron chi connectivity index (χ4n) is 1.76. The lowest BCUT2D eigenvalue weighted by Gasteiger charge is -2.16. The van der Waals surface area contributed by atoms with Crippen LogP contribution in [0.1, 0.15) is 12.5 Å². The lowest BCUT2D eigenvalue weighted by molar-refractivity contribution is -0.122. The number of para-hydroxylation sites is 1. The number of carbonyl (C=O) groups excluding carboxylic acids is 1. The number of hydrogen-bond acceptors (Lipinski definition) is 2. The predicted octanol–water partition coefficient (Wildman–Crippen LogP) is 4.71. The highest BCUT2D eigenvalue weighted by atomic mass is 35.5. The van der Waals surface area contributed by atoms with E-state index in [1.807, 2.05) is 31.2 Å². The van der Waals surface area contributed by atoms with Crippen molar-refractivity contribution in [2.24, 2.45) is 0 Å². The molecule has 0 aliphatic heterocycles. The summed E-state index contributed by atoms with van der Waals surface area (Å²) in [6.45, 7) is 3.61. The minimum Gasteiger partial charge on any atom is -0.481 e. The molecule has 21 heavy (non-hydrogen) atoms. The standard InChI is InChI=1S/C16H15Cl2NO2/c1-10-5-3-4-6-15(10)21-11(2)16(20)19-14-8-7-12(17)9-13(14)18/h3-9,11H,1-2H3,(H,19,20)/t11-/m0/s1. The Kier molecular flexibility index (Phi) is 5.10. The number of halogens is 2. The second-order valence-electron chi connectivity index (χ2n) is 4.64. The third-order valence-electron chi connectivity index (χ3n) is 2.96. The fourth-order valence-corrected chi connectivity index (χ4v) is 2.21. The molecule has 0 bridgehead atoms. The number of hydrogen-bond donors (Lipinski definition) is 1. The number of rotatable bonds is 4. The lowest BCUT2D eigenvalue weighted by Crippen LogP contribution is -2.30. The molecule has 0 aliphatic carbocycles. The van der Waals surface area contributed by atoms with Gasteiger partial charge in [0.1, 0.15) is 5.75 Å². The Morgan fingerprint density at radius 1 is 1.19 bits per heavy atom. The van der Waals surface area contributed by atoms with Gasteiger partial charge < -0.3 is 10.1 Å². The molecular weight excluding hydrogens is 309 g/mol. The molecule has 2 aromatic carbocycles. The van der Waals surface area contributed by atoms with Crippen LogP contribution >= 0.6 is 23.2 Å². The Morgan fingerprint density at radius 2 is 1.90 bits per heavy atom. The van der Waals surface area contributed by atoms with E-state index in [0.717, 1.165) is 5.56 Å². The highest BCUT2D eigenvalue weighted by Crippen LogP contribution is 2.26. The topological polar surface area (TPSA) is 38.3 Å². The van der Waals surface area contributed by atoms with Gasteiger partial charge in [-0.3, -0.25) is 4.79 Å². The van der Waals surface area contributed by atoms with Crippen molar-refractivity contribution in [3.8, 4) is 5.75 Å². The van der Waals surface area contributed by atoms with E-state index in [1.165, 1.54) is 0 Å². The van der Waals surface area contributed by atoms with Crippen LogP contribution in [0.15, 0.2) is 42.5 Å². The van der Waals surface area contributed by atoms with Gasteiger partial charge in [0.05, 0.1) is 10.7 Å². The Labute approximate surface area is 133 Å². The van der Waals surface area contributed by atoms with Crippen molar-refractivity contribution in [1.82, 2.24) is 0 Å². The molecule has 0 radical (unpaired) electrons. The first-order valence-corrected chi connectivity index (χ1v) is 7.21. The van der Waals surface area contributed by atoms with Gasteiger partial charge in [-0.2, -0.15) is 0 Å². The number of nitrogens with one attached hydrogen (secondary N) is 1. The van der Waals surface area contributed by atoms with E-state index in [2.05, 4.69) is 5.32 Å². The van der Waals surface area contributed by atoms with Gasteiger partial charge in [-0.05, 0) is 43.7 Å². The van der Waals surface area contributed by atoms with Crippen LogP contribution in [0.2, 0.25) is 10.0 Å². The van der Waals surface area contributed by atoms with Crippen molar-refractivity contribution in [3.63, 3.8) is 0 Å². The maximum Gasteiger partial charge on any atom is 0.265 e. The van der Waals surface area contributed by atoms with Gasteiger partial charge in [0, 0.05) is 5.02 Å². The van der Waals surface area contributed by atoms with Gasteiger partial charge in [-0.25, -0.2) is 0 Å². The number of benzene rings is 2. The van der Waals surface area contributed by atoms with Crippen molar-refractivity contribution >= 4 is 34.8 Å². The predicted molar refractivity (Wildman–Crippen MR) is 86.4 cm³/mol. The molecular formula is C16H15Cl2NO2. The molecule has 1 N–H and O–H groups in total. The molecule has 1 atom stereocenters. The average molecular weight is 324 g/mol. The molecule has 0 aliphatic rings. The zero-order valence-electron chi connectivity index (χ0n) is 11.7. The molecule has 2 rings (SSSR count). The van der Waals surface area contributed by atoms with Crippen molar-refractivity contribution < 1.29 is 9.53 Å². The van der Waals surface area contributed by atoms with Crippen molar-refractivity contribution in [3.05, 3.63) is 58.1 Å². The molecule has 0 saturated carbocycles. The molecule has 1 amide bonds. The summed E-state index contributed by atoms with van der Waals surface area (Å²) in [7, 11) is 0. The molecule has 0 unspecified atom stereocenters. The lowest BCUT2D eigenvalue weighted by atomic mass is 10.2. The van der Waals surface area contributed by atoms with Crippen molar-refractivity contribution in [1.29, 1.82) is 0 Å². The number of ether oxygens (including phenoxy) is 1. The molecule has 5 heteroatoms. The monoisotopic (exact) mass is 323 g/mol. The minimum atomic E-state index is -0.641. The first-order chi connectivity index (χ1) is 9.97. The summed E-state index contributed by atoms with van der Waals surface area (Å²) >= 11 is 11.8. The highest BCUT2D eigenvalue weighted by molar-refractivity contribution is 6.36. The summed E-state index contributed by atoms with van der Waals surface area (Å²) in [4.78, 5) is 12.1. The molecule has 3 nitrogen and oxygen atoms in total. The minimum absolute atomic E-state index is 0.275. The van der Waals surface area contributed by atoms with Crippen LogP contribution in [0.3, 0.4) is 0 Å². The van der Waals surface area contributed by atoms with Gasteiger partial charge in [0.2, 0.25) is 0 Å². The maximum absolute atomic E-state index is 12.1. The van der Waals surface area contributed by atoms with Crippen LogP contribution in [-0.2, 0) is 4.79 Å². The van der Waals surface area contributed by atoms with Gasteiger partial charge in [-0.15, -0.1) is 0 Å². The zero-order chi connectivity index (χ0) is 15.4. The van der Waals surface area contributed by atoms with Crippen molar-refractivity contribution in [2.45, 2.75) is 20.0 Å². The van der Waals surface area contributed by atoms with E-state index in [0.29, 0.717) is 21.5 Å². The normalized spacial score (nSPS) is 11.8. The second kappa shape index (κ2) is 6.83. The second-order valence-corrected chi connectivity index (χ2v) is 5.48. The van der Waals surface area contributed by atoms with Crippen LogP contribution in [-0.4, -0.2) is 12.0 Å². The summed E-state index contributed by atoms with van der Waals surface area (Å²) in [5.74, 6) is 0.407. The van der Waals surface area contributed by atoms with Crippen LogP contribution in [0.5, 0.6) is 5.75 Å². The van der Waals surface area contributed by atoms with Crippen LogP contribution < -0.4 is 10.1 Å². The Morgan fingerprint density at radius 3 is 2.57 bits per heavy atom. The summed E-state index contributed by atoms with van der Waals surface area (Å²) in [6, 6.07) is 12.4. The number of carbonyl (C=O) groups is 1. The summed E-state index contributed by atoms with van der Waals surface area (Å²) < 4.78 is 5.66. The number of amides is 1. The highest BCUT2D eigenvalue weighted by Gasteiger charge is 2.16. The van der Waals surface area contributed by atoms with E-state index >= 15 is 0 Å². The number of anilines is 1. The largest absolute Gasteiger partial charge is 0.481 e. The van der Waals surface area contributed by atoms with Gasteiger partial charge in [-0.1, -0.05) is 41.4 Å². The third-order valence-corrected chi connectivity index (χ3v) is 3.50. The quantitative estimate of drug-likeness (QED) is 0.885. The first-order valence-electron chi connectivity index (χ1n) is 6.45. The SMILES string of the molecule is Cc1ccccc1O[C@@H](C)C(=O)Nc1ccc(Cl)cc1Cl. The Hall–Kier alpha value is -1.71. The molecule has 0 aromatic heterocycles. The Bertz CT molecular complexity index is 658. The van der Waals surface area contributed by atoms with Crippen LogP contribution in [0, 0.1) is 6.92 Å². The zero-order valence-corrected chi connectivity index (χ0v) is 13.2. The van der Waals surface area contributed by atoms with E-state index in [1.54, 1.807) is 25.1 Å². The van der Waals surface area contributed by atoms with E-state index in [4.69, 9.17) is 27.9 Å².